The van der Waals surface area contributed by atoms with E-state index in [2.05, 4.69) is 6.58 Å². The van der Waals surface area contributed by atoms with E-state index in [4.69, 9.17) is 9.84 Å². The molecular weight excluding hydrogens is 232 g/mol. The first-order valence-corrected chi connectivity index (χ1v) is 5.52. The van der Waals surface area contributed by atoms with Crippen LogP contribution < -0.4 is 0 Å². The van der Waals surface area contributed by atoms with E-state index < -0.39 is 11.9 Å². The minimum atomic E-state index is -1.02. The van der Waals surface area contributed by atoms with Gasteiger partial charge in [0.25, 0.3) is 0 Å². The highest BCUT2D eigenvalue weighted by Crippen LogP contribution is 2.12. The van der Waals surface area contributed by atoms with Crippen molar-refractivity contribution in [1.29, 1.82) is 0 Å². The molecule has 4 nitrogen and oxygen atoms in total. The molecule has 0 saturated carbocycles. The Morgan fingerprint density at radius 1 is 1.33 bits per heavy atom. The Balaban J connectivity index is 5.45. The summed E-state index contributed by atoms with van der Waals surface area (Å²) in [6.45, 7) is 8.61. The summed E-state index contributed by atoms with van der Waals surface area (Å²) in [4.78, 5) is 22.4. The fourth-order valence-corrected chi connectivity index (χ4v) is 1.20. The molecule has 98 valence electrons. The number of hydrogen-bond donors (Lipinski definition) is 1. The molecule has 0 atom stereocenters. The van der Waals surface area contributed by atoms with Crippen molar-refractivity contribution in [3.63, 3.8) is 0 Å². The van der Waals surface area contributed by atoms with Crippen LogP contribution in [0.15, 0.2) is 47.6 Å². The number of carboxylic acid groups (broad SMARTS) is 1. The highest BCUT2D eigenvalue weighted by Gasteiger charge is 2.11. The fraction of sp³-hybridized carbons (Fsp3) is 0.286. The standard InChI is InChI=1S/C14H18O4/c1-5-7-8-12(14(17)18-6-2)10(3)9-11(4)13(15)16/h5,7-9H,1,6H2,2-4H3,(H,15,16). The topological polar surface area (TPSA) is 63.6 Å². The third-order valence-electron chi connectivity index (χ3n) is 2.09. The number of ether oxygens (including phenoxy) is 1. The molecular formula is C14H18O4. The van der Waals surface area contributed by atoms with Gasteiger partial charge in [-0.3, -0.25) is 0 Å². The van der Waals surface area contributed by atoms with Crippen molar-refractivity contribution in [2.45, 2.75) is 20.8 Å². The average molecular weight is 250 g/mol. The summed E-state index contributed by atoms with van der Waals surface area (Å²) in [6, 6.07) is 0. The monoisotopic (exact) mass is 250 g/mol. The maximum Gasteiger partial charge on any atom is 0.338 e. The van der Waals surface area contributed by atoms with Crippen LogP contribution in [0.5, 0.6) is 0 Å². The van der Waals surface area contributed by atoms with E-state index in [1.54, 1.807) is 26.0 Å². The van der Waals surface area contributed by atoms with Gasteiger partial charge in [0.05, 0.1) is 12.2 Å². The molecule has 0 aromatic heterocycles. The summed E-state index contributed by atoms with van der Waals surface area (Å²) in [5.41, 5.74) is 1.00. The van der Waals surface area contributed by atoms with E-state index in [9.17, 15) is 9.59 Å². The third-order valence-corrected chi connectivity index (χ3v) is 2.09. The Hall–Kier alpha value is -2.10. The molecule has 18 heavy (non-hydrogen) atoms. The van der Waals surface area contributed by atoms with Gasteiger partial charge in [-0.25, -0.2) is 9.59 Å². The van der Waals surface area contributed by atoms with Crippen molar-refractivity contribution >= 4 is 11.9 Å². The van der Waals surface area contributed by atoms with Crippen LogP contribution in [-0.4, -0.2) is 23.7 Å². The lowest BCUT2D eigenvalue weighted by Gasteiger charge is -2.05. The van der Waals surface area contributed by atoms with Crippen LogP contribution in [0.4, 0.5) is 0 Å². The summed E-state index contributed by atoms with van der Waals surface area (Å²) < 4.78 is 4.91. The predicted molar refractivity (Wildman–Crippen MR) is 70.1 cm³/mol. The number of carboxylic acids is 1. The highest BCUT2D eigenvalue weighted by molar-refractivity contribution is 5.94. The largest absolute Gasteiger partial charge is 0.478 e. The predicted octanol–water partition coefficient (Wildman–Crippen LogP) is 2.64. The van der Waals surface area contributed by atoms with Crippen molar-refractivity contribution in [1.82, 2.24) is 0 Å². The highest BCUT2D eigenvalue weighted by atomic mass is 16.5. The van der Waals surface area contributed by atoms with Gasteiger partial charge >= 0.3 is 11.9 Å². The molecule has 0 fully saturated rings. The molecule has 0 rings (SSSR count). The van der Waals surface area contributed by atoms with Crippen molar-refractivity contribution in [3.8, 4) is 0 Å². The van der Waals surface area contributed by atoms with Gasteiger partial charge in [0.1, 0.15) is 0 Å². The lowest BCUT2D eigenvalue weighted by atomic mass is 10.1. The maximum absolute atomic E-state index is 11.7. The first-order valence-electron chi connectivity index (χ1n) is 5.52. The third kappa shape index (κ3) is 5.30. The Labute approximate surface area is 107 Å². The normalized spacial score (nSPS) is 13.2. The van der Waals surface area contributed by atoms with Gasteiger partial charge in [0, 0.05) is 5.57 Å². The van der Waals surface area contributed by atoms with Crippen LogP contribution in [0.2, 0.25) is 0 Å². The molecule has 0 bridgehead atoms. The molecule has 0 saturated heterocycles. The van der Waals surface area contributed by atoms with Gasteiger partial charge in [-0.1, -0.05) is 18.7 Å². The van der Waals surface area contributed by atoms with E-state index in [0.29, 0.717) is 11.1 Å². The second-order valence-corrected chi connectivity index (χ2v) is 3.54. The van der Waals surface area contributed by atoms with E-state index in [0.717, 1.165) is 0 Å². The minimum absolute atomic E-state index is 0.154. The van der Waals surface area contributed by atoms with Crippen molar-refractivity contribution in [3.05, 3.63) is 47.6 Å². The summed E-state index contributed by atoms with van der Waals surface area (Å²) in [7, 11) is 0. The quantitative estimate of drug-likeness (QED) is 0.447. The van der Waals surface area contributed by atoms with E-state index >= 15 is 0 Å². The number of rotatable bonds is 6. The van der Waals surface area contributed by atoms with Gasteiger partial charge in [-0.05, 0) is 38.5 Å². The Morgan fingerprint density at radius 2 is 1.94 bits per heavy atom. The van der Waals surface area contributed by atoms with Crippen molar-refractivity contribution in [2.24, 2.45) is 0 Å². The molecule has 0 aliphatic heterocycles. The lowest BCUT2D eigenvalue weighted by molar-refractivity contribution is -0.138. The summed E-state index contributed by atoms with van der Waals surface area (Å²) in [5.74, 6) is -1.51. The van der Waals surface area contributed by atoms with Crippen LogP contribution in [-0.2, 0) is 14.3 Å². The SMILES string of the molecule is C=CC=CC(C(=O)OCC)=C(C)C=C(C)C(=O)O. The van der Waals surface area contributed by atoms with Gasteiger partial charge < -0.3 is 9.84 Å². The van der Waals surface area contributed by atoms with Gasteiger partial charge in [0.15, 0.2) is 0 Å². The van der Waals surface area contributed by atoms with Crippen LogP contribution in [0, 0.1) is 0 Å². The molecule has 0 aromatic carbocycles. The zero-order chi connectivity index (χ0) is 14.1. The van der Waals surface area contributed by atoms with Crippen LogP contribution >= 0.6 is 0 Å². The molecule has 0 aliphatic rings. The van der Waals surface area contributed by atoms with Crippen LogP contribution in [0.3, 0.4) is 0 Å². The molecule has 0 aliphatic carbocycles. The summed E-state index contributed by atoms with van der Waals surface area (Å²) >= 11 is 0. The van der Waals surface area contributed by atoms with E-state index in [1.807, 2.05) is 0 Å². The molecule has 1 N–H and O–H groups in total. The van der Waals surface area contributed by atoms with Crippen LogP contribution in [0.25, 0.3) is 0 Å². The van der Waals surface area contributed by atoms with E-state index in [1.165, 1.54) is 19.1 Å². The number of carbonyl (C=O) groups is 2. The zero-order valence-electron chi connectivity index (χ0n) is 10.9. The molecule has 0 spiro atoms. The smallest absolute Gasteiger partial charge is 0.338 e. The molecule has 0 heterocycles. The molecule has 0 amide bonds. The Morgan fingerprint density at radius 3 is 2.39 bits per heavy atom. The van der Waals surface area contributed by atoms with Gasteiger partial charge in [-0.15, -0.1) is 0 Å². The van der Waals surface area contributed by atoms with E-state index in [-0.39, 0.29) is 12.2 Å². The Kier molecular flexibility index (Phi) is 7.12. The van der Waals surface area contributed by atoms with Crippen molar-refractivity contribution < 1.29 is 19.4 Å². The van der Waals surface area contributed by atoms with Crippen LogP contribution in [0.1, 0.15) is 20.8 Å². The number of aliphatic carboxylic acids is 1. The molecule has 0 aromatic rings. The first kappa shape index (κ1) is 15.9. The second-order valence-electron chi connectivity index (χ2n) is 3.54. The Bertz CT molecular complexity index is 425. The molecule has 0 unspecified atom stereocenters. The van der Waals surface area contributed by atoms with Gasteiger partial charge in [0.2, 0.25) is 0 Å². The zero-order valence-corrected chi connectivity index (χ0v) is 10.9. The summed E-state index contributed by atoms with van der Waals surface area (Å²) in [5, 5.41) is 8.79. The second kappa shape index (κ2) is 8.06. The fourth-order valence-electron chi connectivity index (χ4n) is 1.20. The summed E-state index contributed by atoms with van der Waals surface area (Å²) in [6.07, 6.45) is 6.11. The lowest BCUT2D eigenvalue weighted by Crippen LogP contribution is -2.08. The van der Waals surface area contributed by atoms with Crippen molar-refractivity contribution in [2.75, 3.05) is 6.61 Å². The maximum atomic E-state index is 11.7. The van der Waals surface area contributed by atoms with Gasteiger partial charge in [-0.2, -0.15) is 0 Å². The molecule has 4 heteroatoms. The number of allylic oxidation sites excluding steroid dienone is 4. The number of esters is 1. The minimum Gasteiger partial charge on any atom is -0.478 e. The molecule has 0 radical (unpaired) electrons. The first-order chi connectivity index (χ1) is 8.43. The number of carbonyl (C=O) groups excluding carboxylic acids is 1. The average Bonchev–Trinajstić information content (AvgIpc) is 2.29. The number of hydrogen-bond acceptors (Lipinski definition) is 3.